The molecule has 0 spiro atoms. The van der Waals surface area contributed by atoms with Gasteiger partial charge in [0.25, 0.3) is 5.91 Å². The first-order valence-electron chi connectivity index (χ1n) is 12.3. The van der Waals surface area contributed by atoms with Crippen molar-refractivity contribution < 1.29 is 24.2 Å². The van der Waals surface area contributed by atoms with E-state index >= 15 is 0 Å². The number of hydrogen-bond donors (Lipinski definition) is 4. The van der Waals surface area contributed by atoms with Gasteiger partial charge in [0.15, 0.2) is 5.78 Å². The summed E-state index contributed by atoms with van der Waals surface area (Å²) >= 11 is 0. The molecule has 37 heavy (non-hydrogen) atoms. The van der Waals surface area contributed by atoms with Crippen molar-refractivity contribution >= 4 is 23.4 Å². The fraction of sp³-hybridized carbons (Fsp3) is 0.429. The van der Waals surface area contributed by atoms with Crippen LogP contribution in [0.1, 0.15) is 90.6 Å². The van der Waals surface area contributed by atoms with Crippen LogP contribution in [0.4, 0.5) is 0 Å². The van der Waals surface area contributed by atoms with Gasteiger partial charge in [-0.2, -0.15) is 0 Å². The zero-order valence-corrected chi connectivity index (χ0v) is 22.5. The maximum Gasteiger partial charge on any atom is 0.254 e. The molecule has 198 valence electrons. The first-order chi connectivity index (χ1) is 17.3. The zero-order chi connectivity index (χ0) is 27.7. The molecule has 1 atom stereocenters. The molecule has 0 saturated carbocycles. The Morgan fingerprint density at radius 2 is 1.86 bits per heavy atom. The van der Waals surface area contributed by atoms with Crippen molar-refractivity contribution in [3.05, 3.63) is 57.6 Å². The van der Waals surface area contributed by atoms with Crippen LogP contribution < -0.4 is 15.4 Å². The van der Waals surface area contributed by atoms with Crippen LogP contribution in [0.15, 0.2) is 24.3 Å². The van der Waals surface area contributed by atoms with E-state index in [9.17, 15) is 19.5 Å². The molecule has 0 fully saturated rings. The number of nitrogens with one attached hydrogen (secondary N) is 3. The minimum Gasteiger partial charge on any atom is -0.507 e. The number of ketones is 1. The molecule has 2 amide bonds. The number of carbonyl (C=O) groups is 3. The molecule has 0 aliphatic carbocycles. The normalized spacial score (nSPS) is 13.7. The maximum absolute atomic E-state index is 13.5. The predicted octanol–water partition coefficient (Wildman–Crippen LogP) is 3.67. The van der Waals surface area contributed by atoms with E-state index in [0.717, 1.165) is 5.56 Å². The highest BCUT2D eigenvalue weighted by molar-refractivity contribution is 6.07. The lowest BCUT2D eigenvalue weighted by Gasteiger charge is -2.26. The topological polar surface area (TPSA) is 132 Å². The molecule has 2 aromatic carbocycles. The van der Waals surface area contributed by atoms with Gasteiger partial charge in [0, 0.05) is 42.8 Å². The Bertz CT molecular complexity index is 1260. The SMILES string of the molecule is CCOc1cc2c(cc1C(=O)NC)C(=N)N(CC(=O)c1cc(C(C)NC(C)=O)c(O)c(C(C)(C)C)c1)C2. The van der Waals surface area contributed by atoms with Gasteiger partial charge in [-0.3, -0.25) is 19.8 Å². The van der Waals surface area contributed by atoms with E-state index in [1.807, 2.05) is 27.7 Å². The van der Waals surface area contributed by atoms with Crippen molar-refractivity contribution in [2.75, 3.05) is 20.2 Å². The summed E-state index contributed by atoms with van der Waals surface area (Å²) in [6.45, 7) is 11.5. The summed E-state index contributed by atoms with van der Waals surface area (Å²) in [5.74, 6) is -0.141. The van der Waals surface area contributed by atoms with Gasteiger partial charge in [0.05, 0.1) is 24.8 Å². The van der Waals surface area contributed by atoms with Crippen LogP contribution in [0.25, 0.3) is 0 Å². The highest BCUT2D eigenvalue weighted by Crippen LogP contribution is 2.37. The third-order valence-corrected chi connectivity index (χ3v) is 6.40. The van der Waals surface area contributed by atoms with Gasteiger partial charge in [-0.1, -0.05) is 20.8 Å². The number of ether oxygens (including phenoxy) is 1. The van der Waals surface area contributed by atoms with E-state index in [2.05, 4.69) is 10.6 Å². The van der Waals surface area contributed by atoms with Gasteiger partial charge in [-0.25, -0.2) is 0 Å². The Labute approximate surface area is 217 Å². The number of carbonyl (C=O) groups excluding carboxylic acids is 3. The number of Topliss-reactive ketones (excluding diaryl/α,β-unsaturated/α-hetero) is 1. The average molecular weight is 509 g/mol. The Morgan fingerprint density at radius 1 is 1.19 bits per heavy atom. The van der Waals surface area contributed by atoms with Crippen molar-refractivity contribution in [1.82, 2.24) is 15.5 Å². The van der Waals surface area contributed by atoms with Crippen LogP contribution in [0.2, 0.25) is 0 Å². The number of phenolic OH excluding ortho intramolecular Hbond substituents is 1. The average Bonchev–Trinajstić information content (AvgIpc) is 3.11. The second kappa shape index (κ2) is 10.6. The number of phenols is 1. The molecule has 9 nitrogen and oxygen atoms in total. The molecule has 4 N–H and O–H groups in total. The summed E-state index contributed by atoms with van der Waals surface area (Å²) in [4.78, 5) is 39.1. The van der Waals surface area contributed by atoms with Crippen LogP contribution in [0, 0.1) is 5.41 Å². The van der Waals surface area contributed by atoms with Gasteiger partial charge >= 0.3 is 0 Å². The second-order valence-electron chi connectivity index (χ2n) is 10.3. The highest BCUT2D eigenvalue weighted by atomic mass is 16.5. The minimum atomic E-state index is -0.499. The number of nitrogens with zero attached hydrogens (tertiary/aromatic N) is 1. The van der Waals surface area contributed by atoms with E-state index < -0.39 is 11.5 Å². The predicted molar refractivity (Wildman–Crippen MR) is 142 cm³/mol. The molecule has 9 heteroatoms. The van der Waals surface area contributed by atoms with Gasteiger partial charge in [0.2, 0.25) is 5.91 Å². The Kier molecular flexibility index (Phi) is 7.95. The summed E-state index contributed by atoms with van der Waals surface area (Å²) < 4.78 is 5.65. The molecule has 3 rings (SSSR count). The van der Waals surface area contributed by atoms with Gasteiger partial charge in [0.1, 0.15) is 17.3 Å². The molecule has 1 heterocycles. The minimum absolute atomic E-state index is 0.0526. The number of amidine groups is 1. The third-order valence-electron chi connectivity index (χ3n) is 6.40. The van der Waals surface area contributed by atoms with E-state index in [-0.39, 0.29) is 35.7 Å². The van der Waals surface area contributed by atoms with Crippen molar-refractivity contribution in [1.29, 1.82) is 5.41 Å². The molecular formula is C28H36N4O5. The standard InChI is InChI=1S/C28H36N4O5/c1-8-37-24-11-18-13-32(26(29)20(18)12-21(24)27(36)30-7)14-23(34)17-9-19(15(2)31-16(3)33)25(35)22(10-17)28(4,5)6/h9-12,15,29,35H,8,13-14H2,1-7H3,(H,30,36)(H,31,33). The van der Waals surface area contributed by atoms with E-state index in [1.165, 1.54) is 14.0 Å². The lowest BCUT2D eigenvalue weighted by molar-refractivity contribution is -0.119. The lowest BCUT2D eigenvalue weighted by atomic mass is 9.82. The molecule has 1 aliphatic heterocycles. The molecule has 0 saturated heterocycles. The van der Waals surface area contributed by atoms with E-state index in [1.54, 1.807) is 36.1 Å². The van der Waals surface area contributed by atoms with Crippen LogP contribution in [0.3, 0.4) is 0 Å². The van der Waals surface area contributed by atoms with Crippen LogP contribution >= 0.6 is 0 Å². The van der Waals surface area contributed by atoms with Crippen molar-refractivity contribution in [3.63, 3.8) is 0 Å². The highest BCUT2D eigenvalue weighted by Gasteiger charge is 2.31. The Hall–Kier alpha value is -3.88. The third kappa shape index (κ3) is 5.76. The molecule has 2 aromatic rings. The number of rotatable bonds is 8. The van der Waals surface area contributed by atoms with Gasteiger partial charge in [-0.05, 0) is 49.1 Å². The quantitative estimate of drug-likeness (QED) is 0.402. The van der Waals surface area contributed by atoms with Crippen LogP contribution in [0.5, 0.6) is 11.5 Å². The largest absolute Gasteiger partial charge is 0.507 e. The molecule has 0 aromatic heterocycles. The van der Waals surface area contributed by atoms with E-state index in [4.69, 9.17) is 10.1 Å². The maximum atomic E-state index is 13.5. The Balaban J connectivity index is 1.95. The smallest absolute Gasteiger partial charge is 0.254 e. The van der Waals surface area contributed by atoms with Crippen molar-refractivity contribution in [3.8, 4) is 11.5 Å². The van der Waals surface area contributed by atoms with Crippen molar-refractivity contribution in [2.45, 2.75) is 59.5 Å². The zero-order valence-electron chi connectivity index (χ0n) is 22.5. The summed E-state index contributed by atoms with van der Waals surface area (Å²) in [6.07, 6.45) is 0. The number of hydrogen-bond acceptors (Lipinski definition) is 6. The fourth-order valence-corrected chi connectivity index (χ4v) is 4.52. The first-order valence-corrected chi connectivity index (χ1v) is 12.3. The number of benzene rings is 2. The number of fused-ring (bicyclic) bond motifs is 1. The summed E-state index contributed by atoms with van der Waals surface area (Å²) in [5.41, 5.74) is 2.72. The first kappa shape index (κ1) is 27.7. The van der Waals surface area contributed by atoms with Gasteiger partial charge in [-0.15, -0.1) is 0 Å². The van der Waals surface area contributed by atoms with Gasteiger partial charge < -0.3 is 25.4 Å². The molecule has 0 bridgehead atoms. The summed E-state index contributed by atoms with van der Waals surface area (Å²) in [7, 11) is 1.53. The Morgan fingerprint density at radius 3 is 2.43 bits per heavy atom. The van der Waals surface area contributed by atoms with E-state index in [0.29, 0.717) is 46.7 Å². The summed E-state index contributed by atoms with van der Waals surface area (Å²) in [6, 6.07) is 6.19. The lowest BCUT2D eigenvalue weighted by Crippen LogP contribution is -2.31. The monoisotopic (exact) mass is 508 g/mol. The molecular weight excluding hydrogens is 472 g/mol. The fourth-order valence-electron chi connectivity index (χ4n) is 4.52. The summed E-state index contributed by atoms with van der Waals surface area (Å²) in [5, 5.41) is 25.0. The molecule has 1 unspecified atom stereocenters. The van der Waals surface area contributed by atoms with Crippen LogP contribution in [-0.2, 0) is 16.8 Å². The van der Waals surface area contributed by atoms with Crippen LogP contribution in [-0.4, -0.2) is 53.6 Å². The second-order valence-corrected chi connectivity index (χ2v) is 10.3. The van der Waals surface area contributed by atoms with Crippen molar-refractivity contribution in [2.24, 2.45) is 0 Å². The molecule has 0 radical (unpaired) electrons. The number of amides is 2. The molecule has 1 aliphatic rings. The number of aromatic hydroxyl groups is 1.